The largest absolute Gasteiger partial charge is 0.497 e. The van der Waals surface area contributed by atoms with E-state index in [1.807, 2.05) is 0 Å². The zero-order valence-corrected chi connectivity index (χ0v) is 23.2. The summed E-state index contributed by atoms with van der Waals surface area (Å²) in [6, 6.07) is 10.7. The molecule has 2 aliphatic rings. The first-order valence-corrected chi connectivity index (χ1v) is 13.5. The van der Waals surface area contributed by atoms with Gasteiger partial charge in [0.2, 0.25) is 5.60 Å². The number of likely N-dealkylation sites (tertiary alicyclic amines) is 1. The van der Waals surface area contributed by atoms with Crippen LogP contribution in [0.3, 0.4) is 0 Å². The second-order valence-electron chi connectivity index (χ2n) is 10.7. The van der Waals surface area contributed by atoms with Crippen molar-refractivity contribution < 1.29 is 33.0 Å². The van der Waals surface area contributed by atoms with E-state index in [2.05, 4.69) is 0 Å². The van der Waals surface area contributed by atoms with Crippen LogP contribution in [0, 0.1) is 11.8 Å². The molecule has 1 saturated carbocycles. The molecule has 7 nitrogen and oxygen atoms in total. The highest BCUT2D eigenvalue weighted by molar-refractivity contribution is 6.34. The summed E-state index contributed by atoms with van der Waals surface area (Å²) in [5.41, 5.74) is -2.66. The molecule has 1 aliphatic heterocycles. The summed E-state index contributed by atoms with van der Waals surface area (Å²) in [6.07, 6.45) is 0.971. The zero-order valence-electron chi connectivity index (χ0n) is 22.4. The molecule has 212 valence electrons. The first-order chi connectivity index (χ1) is 18.5. The number of benzene rings is 2. The van der Waals surface area contributed by atoms with E-state index in [1.54, 1.807) is 38.4 Å². The SMILES string of the molecule is COc1cccc(C(O)(C(=O)N2CCC(C[C@H]3C[C@@H](Oc4ccc(C(=O)N(C)C)c(Cl)c4)C3)CC2)C(F)F)c1. The fourth-order valence-electron chi connectivity index (χ4n) is 5.43. The van der Waals surface area contributed by atoms with Gasteiger partial charge in [0.1, 0.15) is 11.5 Å². The van der Waals surface area contributed by atoms with E-state index < -0.39 is 17.9 Å². The lowest BCUT2D eigenvalue weighted by Crippen LogP contribution is -2.53. The van der Waals surface area contributed by atoms with Gasteiger partial charge in [-0.25, -0.2) is 8.78 Å². The Morgan fingerprint density at radius 3 is 2.38 bits per heavy atom. The van der Waals surface area contributed by atoms with Crippen molar-refractivity contribution >= 4 is 23.4 Å². The van der Waals surface area contributed by atoms with Crippen LogP contribution < -0.4 is 9.47 Å². The number of nitrogens with zero attached hydrogens (tertiary/aromatic N) is 2. The van der Waals surface area contributed by atoms with Crippen molar-refractivity contribution in [2.75, 3.05) is 34.3 Å². The van der Waals surface area contributed by atoms with Crippen molar-refractivity contribution in [2.45, 2.75) is 50.2 Å². The predicted molar refractivity (Wildman–Crippen MR) is 143 cm³/mol. The number of amides is 2. The second kappa shape index (κ2) is 12.1. The molecule has 0 aromatic heterocycles. The Hall–Kier alpha value is -2.91. The van der Waals surface area contributed by atoms with Crippen LogP contribution in [-0.4, -0.2) is 73.5 Å². The van der Waals surface area contributed by atoms with Crippen molar-refractivity contribution in [3.63, 3.8) is 0 Å². The molecule has 1 saturated heterocycles. The van der Waals surface area contributed by atoms with E-state index in [4.69, 9.17) is 21.1 Å². The number of aliphatic hydroxyl groups is 1. The summed E-state index contributed by atoms with van der Waals surface area (Å²) in [4.78, 5) is 28.1. The molecule has 2 fully saturated rings. The van der Waals surface area contributed by atoms with Gasteiger partial charge in [-0.3, -0.25) is 9.59 Å². The maximum absolute atomic E-state index is 14.0. The van der Waals surface area contributed by atoms with Crippen molar-refractivity contribution in [1.82, 2.24) is 9.80 Å². The molecular weight excluding hydrogens is 530 g/mol. The minimum atomic E-state index is -3.28. The molecule has 1 atom stereocenters. The van der Waals surface area contributed by atoms with Crippen LogP contribution in [0.2, 0.25) is 5.02 Å². The Balaban J connectivity index is 1.25. The van der Waals surface area contributed by atoms with Crippen LogP contribution in [0.25, 0.3) is 0 Å². The van der Waals surface area contributed by atoms with E-state index >= 15 is 0 Å². The summed E-state index contributed by atoms with van der Waals surface area (Å²) in [6.45, 7) is 0.650. The molecule has 2 amide bonds. The molecule has 0 radical (unpaired) electrons. The molecule has 2 aromatic rings. The molecule has 4 rings (SSSR count). The number of carbonyl (C=O) groups is 2. The molecule has 0 spiro atoms. The summed E-state index contributed by atoms with van der Waals surface area (Å²) in [5.74, 6) is 0.651. The van der Waals surface area contributed by atoms with Gasteiger partial charge in [-0.15, -0.1) is 0 Å². The third kappa shape index (κ3) is 6.30. The van der Waals surface area contributed by atoms with Crippen molar-refractivity contribution in [3.05, 3.63) is 58.6 Å². The first kappa shape index (κ1) is 29.1. The van der Waals surface area contributed by atoms with E-state index in [9.17, 15) is 23.5 Å². The molecule has 1 aliphatic carbocycles. The average molecular weight is 565 g/mol. The van der Waals surface area contributed by atoms with Gasteiger partial charge < -0.3 is 24.4 Å². The lowest BCUT2D eigenvalue weighted by molar-refractivity contribution is -0.173. The third-order valence-electron chi connectivity index (χ3n) is 7.79. The molecule has 1 heterocycles. The number of rotatable bonds is 9. The zero-order chi connectivity index (χ0) is 28.3. The van der Waals surface area contributed by atoms with Gasteiger partial charge >= 0.3 is 0 Å². The Morgan fingerprint density at radius 2 is 1.79 bits per heavy atom. The second-order valence-corrected chi connectivity index (χ2v) is 11.1. The summed E-state index contributed by atoms with van der Waals surface area (Å²) in [7, 11) is 4.74. The quantitative estimate of drug-likeness (QED) is 0.464. The summed E-state index contributed by atoms with van der Waals surface area (Å²) in [5, 5.41) is 11.2. The smallest absolute Gasteiger partial charge is 0.280 e. The Bertz CT molecular complexity index is 1180. The Labute approximate surface area is 232 Å². The van der Waals surface area contributed by atoms with Crippen molar-refractivity contribution in [2.24, 2.45) is 11.8 Å². The average Bonchev–Trinajstić information content (AvgIpc) is 2.91. The summed E-state index contributed by atoms with van der Waals surface area (Å²) >= 11 is 6.28. The third-order valence-corrected chi connectivity index (χ3v) is 8.11. The van der Waals surface area contributed by atoms with Gasteiger partial charge in [-0.05, 0) is 74.3 Å². The fourth-order valence-corrected chi connectivity index (χ4v) is 5.68. The fraction of sp³-hybridized carbons (Fsp3) is 0.517. The highest BCUT2D eigenvalue weighted by atomic mass is 35.5. The number of hydrogen-bond acceptors (Lipinski definition) is 5. The van der Waals surface area contributed by atoms with Crippen LogP contribution in [0.4, 0.5) is 8.78 Å². The molecule has 1 N–H and O–H groups in total. The van der Waals surface area contributed by atoms with Gasteiger partial charge in [-0.2, -0.15) is 0 Å². The van der Waals surface area contributed by atoms with Crippen LogP contribution in [0.5, 0.6) is 11.5 Å². The van der Waals surface area contributed by atoms with E-state index in [-0.39, 0.29) is 17.6 Å². The number of hydrogen-bond donors (Lipinski definition) is 1. The van der Waals surface area contributed by atoms with Gasteiger partial charge in [0, 0.05) is 32.7 Å². The molecular formula is C29H35ClF2N2O5. The molecule has 1 unspecified atom stereocenters. The lowest BCUT2D eigenvalue weighted by atomic mass is 9.74. The maximum atomic E-state index is 14.0. The summed E-state index contributed by atoms with van der Waals surface area (Å²) < 4.78 is 39.2. The van der Waals surface area contributed by atoms with Crippen molar-refractivity contribution in [3.8, 4) is 11.5 Å². The monoisotopic (exact) mass is 564 g/mol. The van der Waals surface area contributed by atoms with Crippen molar-refractivity contribution in [1.29, 1.82) is 0 Å². The number of alkyl halides is 2. The van der Waals surface area contributed by atoms with Gasteiger partial charge in [-0.1, -0.05) is 23.7 Å². The first-order valence-electron chi connectivity index (χ1n) is 13.1. The number of carbonyl (C=O) groups excluding carboxylic acids is 2. The van der Waals surface area contributed by atoms with Crippen LogP contribution >= 0.6 is 11.6 Å². The number of ether oxygens (including phenoxy) is 2. The highest BCUT2D eigenvalue weighted by Gasteiger charge is 2.50. The van der Waals surface area contributed by atoms with E-state index in [0.29, 0.717) is 59.9 Å². The minimum absolute atomic E-state index is 0.0760. The highest BCUT2D eigenvalue weighted by Crippen LogP contribution is 2.40. The molecule has 2 aromatic carbocycles. The van der Waals surface area contributed by atoms with Gasteiger partial charge in [0.15, 0.2) is 0 Å². The number of halogens is 3. The Kier molecular flexibility index (Phi) is 9.01. The Morgan fingerprint density at radius 1 is 1.10 bits per heavy atom. The predicted octanol–water partition coefficient (Wildman–Crippen LogP) is 4.99. The topological polar surface area (TPSA) is 79.3 Å². The lowest BCUT2D eigenvalue weighted by Gasteiger charge is -2.41. The van der Waals surface area contributed by atoms with Crippen LogP contribution in [-0.2, 0) is 10.4 Å². The van der Waals surface area contributed by atoms with Crippen LogP contribution in [0.1, 0.15) is 48.0 Å². The molecule has 10 heteroatoms. The maximum Gasteiger partial charge on any atom is 0.280 e. The molecule has 39 heavy (non-hydrogen) atoms. The number of piperidine rings is 1. The number of methoxy groups -OCH3 is 1. The van der Waals surface area contributed by atoms with E-state index in [1.165, 1.54) is 35.1 Å². The van der Waals surface area contributed by atoms with Gasteiger partial charge in [0.05, 0.1) is 23.8 Å². The van der Waals surface area contributed by atoms with E-state index in [0.717, 1.165) is 19.3 Å². The van der Waals surface area contributed by atoms with Crippen LogP contribution in [0.15, 0.2) is 42.5 Å². The normalized spacial score (nSPS) is 21.2. The minimum Gasteiger partial charge on any atom is -0.497 e. The standard InChI is InChI=1S/C29H35ClF2N2O5/c1-33(2)26(35)24-8-7-22(17-25(24)30)39-23-14-19(15-23)13-18-9-11-34(12-10-18)28(36)29(37,27(31)32)20-5-4-6-21(16-20)38-3/h4-8,16-19,23,27,37H,9-15H2,1-3H3/t19-,23+,29?. The molecule has 0 bridgehead atoms. The van der Waals surface area contributed by atoms with Gasteiger partial charge in [0.25, 0.3) is 18.2 Å².